The summed E-state index contributed by atoms with van der Waals surface area (Å²) in [6, 6.07) is 6.60. The molecule has 0 aliphatic rings. The first-order chi connectivity index (χ1) is 11.4. The van der Waals surface area contributed by atoms with Gasteiger partial charge < -0.3 is 10.1 Å². The molecule has 2 atom stereocenters. The first-order valence-electron chi connectivity index (χ1n) is 7.85. The summed E-state index contributed by atoms with van der Waals surface area (Å²) < 4.78 is 4.92. The Balaban J connectivity index is 2.75. The van der Waals surface area contributed by atoms with Gasteiger partial charge in [-0.25, -0.2) is 10.3 Å². The molecule has 3 N–H and O–H groups in total. The maximum absolute atomic E-state index is 12.4. The molecule has 132 valence electrons. The van der Waals surface area contributed by atoms with Crippen molar-refractivity contribution in [1.29, 1.82) is 0 Å². The first kappa shape index (κ1) is 19.6. The second kappa shape index (κ2) is 9.67. The first-order valence-corrected chi connectivity index (χ1v) is 7.85. The average Bonchev–Trinajstić information content (AvgIpc) is 2.58. The van der Waals surface area contributed by atoms with Crippen molar-refractivity contribution in [3.05, 3.63) is 35.4 Å². The van der Waals surface area contributed by atoms with Gasteiger partial charge in [0.25, 0.3) is 0 Å². The van der Waals surface area contributed by atoms with Crippen molar-refractivity contribution in [2.24, 2.45) is 0 Å². The highest BCUT2D eigenvalue weighted by atomic mass is 16.5. The van der Waals surface area contributed by atoms with Crippen LogP contribution in [0.2, 0.25) is 0 Å². The van der Waals surface area contributed by atoms with Gasteiger partial charge in [0.15, 0.2) is 0 Å². The third kappa shape index (κ3) is 6.00. The van der Waals surface area contributed by atoms with E-state index in [9.17, 15) is 14.4 Å². The number of carbonyl (C=O) groups is 3. The molecule has 7 heteroatoms. The Morgan fingerprint density at radius 3 is 2.38 bits per heavy atom. The van der Waals surface area contributed by atoms with Gasteiger partial charge in [0.1, 0.15) is 6.04 Å². The molecule has 0 saturated carbocycles. The number of esters is 1. The SMILES string of the molecule is CCOC(=O)[C@H](CCC(=O)NO)NC(=O)C(C)c1ccc(C)cc1. The fourth-order valence-corrected chi connectivity index (χ4v) is 2.13. The Kier molecular flexibility index (Phi) is 7.91. The minimum atomic E-state index is -0.942. The molecule has 0 saturated heterocycles. The lowest BCUT2D eigenvalue weighted by atomic mass is 9.98. The van der Waals surface area contributed by atoms with Gasteiger partial charge in [-0.15, -0.1) is 0 Å². The molecule has 1 unspecified atom stereocenters. The van der Waals surface area contributed by atoms with Crippen LogP contribution >= 0.6 is 0 Å². The van der Waals surface area contributed by atoms with Crippen LogP contribution in [0.3, 0.4) is 0 Å². The molecule has 0 aliphatic carbocycles. The molecule has 0 fully saturated rings. The van der Waals surface area contributed by atoms with Crippen molar-refractivity contribution in [3.8, 4) is 0 Å². The van der Waals surface area contributed by atoms with E-state index in [2.05, 4.69) is 5.32 Å². The van der Waals surface area contributed by atoms with Crippen LogP contribution in [0, 0.1) is 6.92 Å². The number of hydrogen-bond acceptors (Lipinski definition) is 5. The second-order valence-corrected chi connectivity index (χ2v) is 5.52. The summed E-state index contributed by atoms with van der Waals surface area (Å²) >= 11 is 0. The molecule has 1 aromatic carbocycles. The van der Waals surface area contributed by atoms with E-state index in [1.54, 1.807) is 13.8 Å². The summed E-state index contributed by atoms with van der Waals surface area (Å²) in [5.41, 5.74) is 3.41. The molecule has 1 aromatic rings. The zero-order chi connectivity index (χ0) is 18.1. The number of nitrogens with one attached hydrogen (secondary N) is 2. The molecule has 0 bridgehead atoms. The number of ether oxygens (including phenoxy) is 1. The van der Waals surface area contributed by atoms with E-state index in [1.165, 1.54) is 5.48 Å². The standard InChI is InChI=1S/C17H24N2O5/c1-4-24-17(22)14(9-10-15(20)19-23)18-16(21)12(3)13-7-5-11(2)6-8-13/h5-8,12,14,23H,4,9-10H2,1-3H3,(H,18,21)(H,19,20)/t12?,14-/m0/s1. The normalized spacial score (nSPS) is 12.8. The number of hydrogen-bond donors (Lipinski definition) is 3. The van der Waals surface area contributed by atoms with Crippen LogP contribution in [-0.4, -0.2) is 35.6 Å². The van der Waals surface area contributed by atoms with Crippen LogP contribution in [0.4, 0.5) is 0 Å². The Morgan fingerprint density at radius 1 is 1.21 bits per heavy atom. The van der Waals surface area contributed by atoms with Crippen LogP contribution in [0.15, 0.2) is 24.3 Å². The van der Waals surface area contributed by atoms with Gasteiger partial charge in [-0.1, -0.05) is 29.8 Å². The van der Waals surface area contributed by atoms with Crippen LogP contribution in [-0.2, 0) is 19.1 Å². The van der Waals surface area contributed by atoms with E-state index in [-0.39, 0.29) is 25.4 Å². The number of hydroxylamine groups is 1. The van der Waals surface area contributed by atoms with Crippen molar-refractivity contribution in [2.75, 3.05) is 6.61 Å². The fourth-order valence-electron chi connectivity index (χ4n) is 2.13. The van der Waals surface area contributed by atoms with Crippen molar-refractivity contribution in [1.82, 2.24) is 10.8 Å². The van der Waals surface area contributed by atoms with Gasteiger partial charge in [0.05, 0.1) is 12.5 Å². The lowest BCUT2D eigenvalue weighted by Gasteiger charge is -2.20. The predicted molar refractivity (Wildman–Crippen MR) is 87.3 cm³/mol. The number of carbonyl (C=O) groups excluding carboxylic acids is 3. The van der Waals surface area contributed by atoms with Gasteiger partial charge in [-0.2, -0.15) is 0 Å². The largest absolute Gasteiger partial charge is 0.464 e. The fraction of sp³-hybridized carbons (Fsp3) is 0.471. The lowest BCUT2D eigenvalue weighted by molar-refractivity contribution is -0.148. The highest BCUT2D eigenvalue weighted by Gasteiger charge is 2.25. The zero-order valence-electron chi connectivity index (χ0n) is 14.2. The number of amides is 2. The zero-order valence-corrected chi connectivity index (χ0v) is 14.2. The van der Waals surface area contributed by atoms with Crippen molar-refractivity contribution < 1.29 is 24.3 Å². The van der Waals surface area contributed by atoms with Gasteiger partial charge in [-0.3, -0.25) is 14.8 Å². The summed E-state index contributed by atoms with van der Waals surface area (Å²) in [5.74, 6) is -2.02. The molecule has 0 heterocycles. The second-order valence-electron chi connectivity index (χ2n) is 5.52. The van der Waals surface area contributed by atoms with E-state index in [0.29, 0.717) is 0 Å². The molecule has 7 nitrogen and oxygen atoms in total. The molecule has 1 rings (SSSR count). The molecule has 2 amide bonds. The molecule has 0 radical (unpaired) electrons. The summed E-state index contributed by atoms with van der Waals surface area (Å²) in [6.45, 7) is 5.53. The highest BCUT2D eigenvalue weighted by Crippen LogP contribution is 2.16. The molecule has 0 aliphatic heterocycles. The molecule has 0 aromatic heterocycles. The Hall–Kier alpha value is -2.41. The van der Waals surface area contributed by atoms with Gasteiger partial charge in [0, 0.05) is 6.42 Å². The summed E-state index contributed by atoms with van der Waals surface area (Å²) in [4.78, 5) is 35.5. The molecular formula is C17H24N2O5. The maximum Gasteiger partial charge on any atom is 0.328 e. The Morgan fingerprint density at radius 2 is 1.83 bits per heavy atom. The van der Waals surface area contributed by atoms with Gasteiger partial charge in [0.2, 0.25) is 11.8 Å². The van der Waals surface area contributed by atoms with E-state index in [0.717, 1.165) is 11.1 Å². The smallest absolute Gasteiger partial charge is 0.328 e. The van der Waals surface area contributed by atoms with Crippen LogP contribution < -0.4 is 10.8 Å². The van der Waals surface area contributed by atoms with E-state index in [1.807, 2.05) is 31.2 Å². The molecular weight excluding hydrogens is 312 g/mol. The minimum Gasteiger partial charge on any atom is -0.464 e. The summed E-state index contributed by atoms with van der Waals surface area (Å²) in [6.07, 6.45) is -0.0727. The third-order valence-corrected chi connectivity index (χ3v) is 3.64. The van der Waals surface area contributed by atoms with Gasteiger partial charge >= 0.3 is 5.97 Å². The van der Waals surface area contributed by atoms with E-state index < -0.39 is 23.8 Å². The molecule has 0 spiro atoms. The third-order valence-electron chi connectivity index (χ3n) is 3.64. The van der Waals surface area contributed by atoms with Crippen LogP contribution in [0.1, 0.15) is 43.7 Å². The van der Waals surface area contributed by atoms with E-state index in [4.69, 9.17) is 9.94 Å². The van der Waals surface area contributed by atoms with E-state index >= 15 is 0 Å². The van der Waals surface area contributed by atoms with Crippen molar-refractivity contribution in [3.63, 3.8) is 0 Å². The quantitative estimate of drug-likeness (QED) is 0.378. The van der Waals surface area contributed by atoms with Gasteiger partial charge in [-0.05, 0) is 32.8 Å². The number of rotatable bonds is 8. The van der Waals surface area contributed by atoms with Crippen LogP contribution in [0.5, 0.6) is 0 Å². The molecule has 24 heavy (non-hydrogen) atoms. The topological polar surface area (TPSA) is 105 Å². The lowest BCUT2D eigenvalue weighted by Crippen LogP contribution is -2.44. The summed E-state index contributed by atoms with van der Waals surface area (Å²) in [7, 11) is 0. The highest BCUT2D eigenvalue weighted by molar-refractivity contribution is 5.88. The average molecular weight is 336 g/mol. The predicted octanol–water partition coefficient (Wildman–Crippen LogP) is 1.43. The Labute approximate surface area is 141 Å². The minimum absolute atomic E-state index is 0.0393. The number of benzene rings is 1. The van der Waals surface area contributed by atoms with Crippen molar-refractivity contribution in [2.45, 2.75) is 45.6 Å². The van der Waals surface area contributed by atoms with Crippen molar-refractivity contribution >= 4 is 17.8 Å². The summed E-state index contributed by atoms with van der Waals surface area (Å²) in [5, 5.41) is 11.1. The Bertz CT molecular complexity index is 571. The monoisotopic (exact) mass is 336 g/mol. The number of aryl methyl sites for hydroxylation is 1. The van der Waals surface area contributed by atoms with Crippen LogP contribution in [0.25, 0.3) is 0 Å². The maximum atomic E-state index is 12.4.